The number of carbonyl (C=O) groups excluding carboxylic acids is 1. The molecular weight excluding hydrogens is 531 g/mol. The molecule has 3 N–H and O–H groups in total. The van der Waals surface area contributed by atoms with E-state index in [1.807, 2.05) is 0 Å². The van der Waals surface area contributed by atoms with Crippen LogP contribution in [0.3, 0.4) is 0 Å². The number of rotatable bonds is 9. The van der Waals surface area contributed by atoms with Crippen LogP contribution in [0.1, 0.15) is 33.6 Å². The van der Waals surface area contributed by atoms with Crippen molar-refractivity contribution in [2.75, 3.05) is 11.9 Å². The molecule has 1 amide bonds. The molecule has 9 nitrogen and oxygen atoms in total. The normalized spacial score (nSPS) is 20.2. The maximum Gasteiger partial charge on any atom is 0.422 e. The second-order valence-corrected chi connectivity index (χ2v) is 12.7. The lowest BCUT2D eigenvalue weighted by molar-refractivity contribution is -0.154. The summed E-state index contributed by atoms with van der Waals surface area (Å²) in [5, 5.41) is 7.36. The van der Waals surface area contributed by atoms with E-state index < -0.39 is 33.2 Å². The fraction of sp³-hybridized carbons (Fsp3) is 0.435. The maximum atomic E-state index is 13.1. The molecule has 1 aromatic carbocycles. The van der Waals surface area contributed by atoms with E-state index in [0.717, 1.165) is 6.20 Å². The van der Waals surface area contributed by atoms with Crippen molar-refractivity contribution >= 4 is 33.4 Å². The number of thioether (sulfide) groups is 1. The molecule has 1 unspecified atom stereocenters. The molecule has 4 rings (SSSR count). The standard InChI is InChI=1S/C23H26F3N5O4S2/c1-21(2,18-12-36-22(3,30-18)31-37(33,34)16-8-9-16)20(32)28-15-6-4-14(5-7-15)17-10-27-11-19(29-17)35-13-23(24,25)26/h4-7,10-12,16,30-31H,8-9,13H2,1-3H3,(H,28,32). The van der Waals surface area contributed by atoms with Gasteiger partial charge in [0.15, 0.2) is 11.6 Å². The van der Waals surface area contributed by atoms with Crippen LogP contribution in [-0.4, -0.2) is 47.3 Å². The minimum atomic E-state index is -4.49. The summed E-state index contributed by atoms with van der Waals surface area (Å²) < 4.78 is 69.3. The summed E-state index contributed by atoms with van der Waals surface area (Å²) in [7, 11) is -3.44. The van der Waals surface area contributed by atoms with Gasteiger partial charge in [0.05, 0.1) is 28.8 Å². The first-order chi connectivity index (χ1) is 17.2. The number of benzene rings is 1. The fourth-order valence-electron chi connectivity index (χ4n) is 3.43. The summed E-state index contributed by atoms with van der Waals surface area (Å²) in [6, 6.07) is 6.56. The monoisotopic (exact) mass is 557 g/mol. The van der Waals surface area contributed by atoms with Gasteiger partial charge in [-0.2, -0.15) is 17.9 Å². The van der Waals surface area contributed by atoms with Gasteiger partial charge in [-0.3, -0.25) is 9.78 Å². The first-order valence-electron chi connectivity index (χ1n) is 11.3. The number of aromatic nitrogens is 2. The lowest BCUT2D eigenvalue weighted by Crippen LogP contribution is -2.54. The molecule has 0 radical (unpaired) electrons. The van der Waals surface area contributed by atoms with Gasteiger partial charge in [0.2, 0.25) is 21.8 Å². The molecule has 0 saturated heterocycles. The Morgan fingerprint density at radius 3 is 2.51 bits per heavy atom. The molecule has 1 aliphatic heterocycles. The Kier molecular flexibility index (Phi) is 7.20. The van der Waals surface area contributed by atoms with Crippen molar-refractivity contribution in [3.05, 3.63) is 47.8 Å². The van der Waals surface area contributed by atoms with E-state index in [9.17, 15) is 26.4 Å². The molecule has 1 aromatic heterocycles. The van der Waals surface area contributed by atoms with Crippen molar-refractivity contribution in [3.63, 3.8) is 0 Å². The number of halogens is 3. The van der Waals surface area contributed by atoms with E-state index in [1.54, 1.807) is 50.4 Å². The molecule has 2 heterocycles. The van der Waals surface area contributed by atoms with Crippen LogP contribution in [0.5, 0.6) is 5.88 Å². The summed E-state index contributed by atoms with van der Waals surface area (Å²) in [6.07, 6.45) is -0.712. The van der Waals surface area contributed by atoms with E-state index in [2.05, 4.69) is 30.1 Å². The predicted octanol–water partition coefficient (Wildman–Crippen LogP) is 3.98. The Labute approximate surface area is 216 Å². The highest BCUT2D eigenvalue weighted by molar-refractivity contribution is 8.04. The maximum absolute atomic E-state index is 13.1. The van der Waals surface area contributed by atoms with Gasteiger partial charge in [-0.05, 0) is 51.2 Å². The number of anilines is 1. The highest BCUT2D eigenvalue weighted by atomic mass is 32.2. The summed E-state index contributed by atoms with van der Waals surface area (Å²) in [5.74, 6) is -0.577. The first-order valence-corrected chi connectivity index (χ1v) is 13.7. The molecule has 200 valence electrons. The number of hydrogen-bond acceptors (Lipinski definition) is 8. The van der Waals surface area contributed by atoms with E-state index in [0.29, 0.717) is 35.5 Å². The van der Waals surface area contributed by atoms with Crippen molar-refractivity contribution in [2.45, 2.75) is 50.0 Å². The average molecular weight is 558 g/mol. The fourth-order valence-corrected chi connectivity index (χ4v) is 6.36. The third-order valence-corrected chi connectivity index (χ3v) is 8.96. The van der Waals surface area contributed by atoms with E-state index >= 15 is 0 Å². The lowest BCUT2D eigenvalue weighted by atomic mass is 9.88. The summed E-state index contributed by atoms with van der Waals surface area (Å²) in [4.78, 5) is 20.0. The van der Waals surface area contributed by atoms with Crippen LogP contribution < -0.4 is 20.1 Å². The number of alkyl halides is 3. The van der Waals surface area contributed by atoms with Crippen molar-refractivity contribution in [1.82, 2.24) is 20.0 Å². The van der Waals surface area contributed by atoms with E-state index in [4.69, 9.17) is 0 Å². The van der Waals surface area contributed by atoms with Crippen molar-refractivity contribution in [1.29, 1.82) is 0 Å². The number of sulfonamides is 1. The molecule has 1 saturated carbocycles. The number of nitrogens with one attached hydrogen (secondary N) is 3. The number of amides is 1. The molecule has 1 atom stereocenters. The zero-order chi connectivity index (χ0) is 27.1. The zero-order valence-electron chi connectivity index (χ0n) is 20.2. The second-order valence-electron chi connectivity index (χ2n) is 9.46. The smallest absolute Gasteiger partial charge is 0.422 e. The van der Waals surface area contributed by atoms with Gasteiger partial charge in [-0.15, -0.1) is 0 Å². The molecule has 2 aliphatic rings. The van der Waals surface area contributed by atoms with Crippen LogP contribution in [0, 0.1) is 5.41 Å². The number of nitrogens with zero attached hydrogens (tertiary/aromatic N) is 2. The Bertz CT molecular complexity index is 1310. The zero-order valence-corrected chi connectivity index (χ0v) is 21.9. The Morgan fingerprint density at radius 2 is 1.89 bits per heavy atom. The molecule has 1 aliphatic carbocycles. The van der Waals surface area contributed by atoms with Gasteiger partial charge in [0, 0.05) is 16.9 Å². The third-order valence-electron chi connectivity index (χ3n) is 5.76. The highest BCUT2D eigenvalue weighted by Gasteiger charge is 2.45. The number of hydrogen-bond donors (Lipinski definition) is 3. The molecule has 1 fully saturated rings. The lowest BCUT2D eigenvalue weighted by Gasteiger charge is -2.31. The summed E-state index contributed by atoms with van der Waals surface area (Å²) in [6.45, 7) is 3.68. The van der Waals surface area contributed by atoms with Crippen LogP contribution in [0.4, 0.5) is 18.9 Å². The Hall–Kier alpha value is -2.84. The van der Waals surface area contributed by atoms with Crippen LogP contribution >= 0.6 is 11.8 Å². The quantitative estimate of drug-likeness (QED) is 0.423. The molecule has 2 aromatic rings. The van der Waals surface area contributed by atoms with Gasteiger partial charge in [0.1, 0.15) is 0 Å². The average Bonchev–Trinajstić information content (AvgIpc) is 3.61. The molecule has 37 heavy (non-hydrogen) atoms. The highest BCUT2D eigenvalue weighted by Crippen LogP contribution is 2.40. The number of ether oxygens (including phenoxy) is 1. The van der Waals surface area contributed by atoms with Gasteiger partial charge in [0.25, 0.3) is 0 Å². The van der Waals surface area contributed by atoms with Gasteiger partial charge in [-0.1, -0.05) is 23.9 Å². The Balaban J connectivity index is 1.38. The topological polar surface area (TPSA) is 122 Å². The van der Waals surface area contributed by atoms with E-state index in [1.165, 1.54) is 18.0 Å². The molecule has 0 spiro atoms. The van der Waals surface area contributed by atoms with Crippen LogP contribution in [-0.2, 0) is 14.8 Å². The van der Waals surface area contributed by atoms with Crippen molar-refractivity contribution < 1.29 is 31.1 Å². The predicted molar refractivity (Wildman–Crippen MR) is 134 cm³/mol. The largest absolute Gasteiger partial charge is 0.467 e. The van der Waals surface area contributed by atoms with Crippen molar-refractivity contribution in [2.24, 2.45) is 5.41 Å². The molecular formula is C23H26F3N5O4S2. The van der Waals surface area contributed by atoms with Gasteiger partial charge >= 0.3 is 6.18 Å². The van der Waals surface area contributed by atoms with Crippen molar-refractivity contribution in [3.8, 4) is 17.1 Å². The molecule has 14 heteroatoms. The summed E-state index contributed by atoms with van der Waals surface area (Å²) in [5.41, 5.74) is 0.922. The second kappa shape index (κ2) is 9.80. The van der Waals surface area contributed by atoms with E-state index in [-0.39, 0.29) is 17.0 Å². The first kappa shape index (κ1) is 27.2. The number of carbonyl (C=O) groups is 1. The SMILES string of the molecule is CC1(NS(=O)(=O)C2CC2)NC(C(C)(C)C(=O)Nc2ccc(-c3cncc(OCC(F)(F)F)n3)cc2)=CS1. The van der Waals surface area contributed by atoms with Crippen LogP contribution in [0.15, 0.2) is 47.8 Å². The third kappa shape index (κ3) is 6.73. The van der Waals surface area contributed by atoms with Gasteiger partial charge in [-0.25, -0.2) is 13.4 Å². The van der Waals surface area contributed by atoms with Crippen LogP contribution in [0.2, 0.25) is 0 Å². The molecule has 0 bridgehead atoms. The Morgan fingerprint density at radius 1 is 1.22 bits per heavy atom. The minimum absolute atomic E-state index is 0.254. The summed E-state index contributed by atoms with van der Waals surface area (Å²) >= 11 is 1.25. The van der Waals surface area contributed by atoms with Gasteiger partial charge < -0.3 is 15.4 Å². The van der Waals surface area contributed by atoms with Crippen LogP contribution in [0.25, 0.3) is 11.3 Å². The minimum Gasteiger partial charge on any atom is -0.467 e.